The summed E-state index contributed by atoms with van der Waals surface area (Å²) in [7, 11) is 1.95. The summed E-state index contributed by atoms with van der Waals surface area (Å²) in [6.07, 6.45) is 8.25. The van der Waals surface area contributed by atoms with Gasteiger partial charge in [-0.3, -0.25) is 9.69 Å². The Labute approximate surface area is 140 Å². The van der Waals surface area contributed by atoms with Crippen LogP contribution in [0.3, 0.4) is 0 Å². The van der Waals surface area contributed by atoms with E-state index in [0.717, 1.165) is 32.2 Å². The molecule has 0 bridgehead atoms. The van der Waals surface area contributed by atoms with Crippen molar-refractivity contribution in [3.63, 3.8) is 0 Å². The van der Waals surface area contributed by atoms with Crippen LogP contribution >= 0.6 is 0 Å². The van der Waals surface area contributed by atoms with Crippen LogP contribution in [0.2, 0.25) is 0 Å². The Bertz CT molecular complexity index is 364. The van der Waals surface area contributed by atoms with Gasteiger partial charge in [-0.15, -0.1) is 0 Å². The minimum Gasteiger partial charge on any atom is -0.393 e. The van der Waals surface area contributed by atoms with Gasteiger partial charge in [0.15, 0.2) is 0 Å². The van der Waals surface area contributed by atoms with Crippen LogP contribution in [0, 0.1) is 11.8 Å². The van der Waals surface area contributed by atoms with Crippen molar-refractivity contribution in [3.05, 3.63) is 0 Å². The standard InChI is InChI=1S/C18H34N2O3/c1-14-6-3-4-9-17(14)23-11-10-19-18(22)13-20(2)12-15-7-5-8-16(15)21/h14-17,21H,3-13H2,1-2H3,(H,19,22). The Hall–Kier alpha value is -0.650. The van der Waals surface area contributed by atoms with Crippen molar-refractivity contribution in [2.24, 2.45) is 11.8 Å². The zero-order chi connectivity index (χ0) is 16.7. The molecule has 0 aromatic carbocycles. The minimum absolute atomic E-state index is 0.0419. The van der Waals surface area contributed by atoms with E-state index in [-0.39, 0.29) is 12.0 Å². The summed E-state index contributed by atoms with van der Waals surface area (Å²) < 4.78 is 5.91. The van der Waals surface area contributed by atoms with Gasteiger partial charge < -0.3 is 15.2 Å². The Morgan fingerprint density at radius 3 is 2.70 bits per heavy atom. The molecular formula is C18H34N2O3. The van der Waals surface area contributed by atoms with Crippen molar-refractivity contribution in [2.75, 3.05) is 33.3 Å². The van der Waals surface area contributed by atoms with E-state index in [9.17, 15) is 9.90 Å². The zero-order valence-electron chi connectivity index (χ0n) is 14.8. The van der Waals surface area contributed by atoms with Crippen molar-refractivity contribution in [1.29, 1.82) is 0 Å². The Kier molecular flexibility index (Phi) is 7.80. The number of aliphatic hydroxyl groups is 1. The number of amides is 1. The van der Waals surface area contributed by atoms with E-state index < -0.39 is 0 Å². The van der Waals surface area contributed by atoms with Gasteiger partial charge in [-0.25, -0.2) is 0 Å². The molecule has 2 aliphatic carbocycles. The third-order valence-corrected chi connectivity index (χ3v) is 5.37. The van der Waals surface area contributed by atoms with E-state index in [1.54, 1.807) is 0 Å². The smallest absolute Gasteiger partial charge is 0.234 e. The summed E-state index contributed by atoms with van der Waals surface area (Å²) in [6.45, 7) is 4.64. The van der Waals surface area contributed by atoms with E-state index in [1.807, 2.05) is 11.9 Å². The fourth-order valence-corrected chi connectivity index (χ4v) is 3.93. The number of ether oxygens (including phenoxy) is 1. The molecule has 23 heavy (non-hydrogen) atoms. The van der Waals surface area contributed by atoms with Crippen molar-refractivity contribution in [2.45, 2.75) is 64.1 Å². The number of carbonyl (C=O) groups is 1. The lowest BCUT2D eigenvalue weighted by atomic mass is 9.88. The van der Waals surface area contributed by atoms with Crippen molar-refractivity contribution >= 4 is 5.91 Å². The SMILES string of the molecule is CC1CCCCC1OCCNC(=O)CN(C)CC1CCCC1O. The predicted octanol–water partition coefficient (Wildman–Crippen LogP) is 1.79. The minimum atomic E-state index is -0.189. The van der Waals surface area contributed by atoms with Gasteiger partial charge in [0.1, 0.15) is 0 Å². The van der Waals surface area contributed by atoms with Crippen molar-refractivity contribution < 1.29 is 14.6 Å². The molecule has 2 saturated carbocycles. The number of rotatable bonds is 8. The van der Waals surface area contributed by atoms with E-state index >= 15 is 0 Å². The molecule has 4 atom stereocenters. The first-order chi connectivity index (χ1) is 11.1. The molecule has 134 valence electrons. The van der Waals surface area contributed by atoms with Crippen LogP contribution in [-0.2, 0) is 9.53 Å². The lowest BCUT2D eigenvalue weighted by Gasteiger charge is -2.28. The monoisotopic (exact) mass is 326 g/mol. The molecule has 4 unspecified atom stereocenters. The number of hydrogen-bond acceptors (Lipinski definition) is 4. The quantitative estimate of drug-likeness (QED) is 0.668. The maximum absolute atomic E-state index is 12.0. The lowest BCUT2D eigenvalue weighted by molar-refractivity contribution is -0.122. The first-order valence-electron chi connectivity index (χ1n) is 9.31. The Balaban J connectivity index is 1.54. The molecule has 1 amide bonds. The predicted molar refractivity (Wildman–Crippen MR) is 91.2 cm³/mol. The molecule has 0 aromatic rings. The van der Waals surface area contributed by atoms with Crippen LogP contribution in [-0.4, -0.2) is 61.4 Å². The van der Waals surface area contributed by atoms with Crippen LogP contribution in [0.15, 0.2) is 0 Å². The van der Waals surface area contributed by atoms with E-state index in [0.29, 0.717) is 37.6 Å². The fraction of sp³-hybridized carbons (Fsp3) is 0.944. The summed E-state index contributed by atoms with van der Waals surface area (Å²) >= 11 is 0. The van der Waals surface area contributed by atoms with Gasteiger partial charge in [0.05, 0.1) is 25.4 Å². The van der Waals surface area contributed by atoms with Gasteiger partial charge in [-0.1, -0.05) is 26.2 Å². The van der Waals surface area contributed by atoms with Gasteiger partial charge in [-0.05, 0) is 44.6 Å². The Morgan fingerprint density at radius 2 is 2.00 bits per heavy atom. The highest BCUT2D eigenvalue weighted by atomic mass is 16.5. The maximum atomic E-state index is 12.0. The number of likely N-dealkylation sites (N-methyl/N-ethyl adjacent to an activating group) is 1. The second-order valence-corrected chi connectivity index (χ2v) is 7.48. The molecule has 0 radical (unpaired) electrons. The highest BCUT2D eigenvalue weighted by molar-refractivity contribution is 5.77. The molecule has 0 aliphatic heterocycles. The van der Waals surface area contributed by atoms with Gasteiger partial charge in [-0.2, -0.15) is 0 Å². The van der Waals surface area contributed by atoms with E-state index in [1.165, 1.54) is 19.3 Å². The average Bonchev–Trinajstić information content (AvgIpc) is 2.90. The molecule has 0 saturated heterocycles. The number of nitrogens with one attached hydrogen (secondary N) is 1. The molecule has 2 fully saturated rings. The van der Waals surface area contributed by atoms with Gasteiger partial charge >= 0.3 is 0 Å². The summed E-state index contributed by atoms with van der Waals surface area (Å²) in [4.78, 5) is 14.0. The van der Waals surface area contributed by atoms with E-state index in [2.05, 4.69) is 12.2 Å². The fourth-order valence-electron chi connectivity index (χ4n) is 3.93. The molecule has 0 heterocycles. The molecular weight excluding hydrogens is 292 g/mol. The molecule has 2 N–H and O–H groups in total. The average molecular weight is 326 g/mol. The van der Waals surface area contributed by atoms with E-state index in [4.69, 9.17) is 4.74 Å². The second kappa shape index (κ2) is 9.60. The molecule has 0 aromatic heterocycles. The van der Waals surface area contributed by atoms with Crippen LogP contribution in [0.5, 0.6) is 0 Å². The third kappa shape index (κ3) is 6.40. The van der Waals surface area contributed by atoms with Gasteiger partial charge in [0.2, 0.25) is 5.91 Å². The number of hydrogen-bond donors (Lipinski definition) is 2. The van der Waals surface area contributed by atoms with Crippen LogP contribution in [0.4, 0.5) is 0 Å². The first kappa shape index (κ1) is 18.7. The van der Waals surface area contributed by atoms with Crippen LogP contribution in [0.1, 0.15) is 51.9 Å². The number of nitrogens with zero attached hydrogens (tertiary/aromatic N) is 1. The molecule has 2 aliphatic rings. The maximum Gasteiger partial charge on any atom is 0.234 e. The Morgan fingerprint density at radius 1 is 1.22 bits per heavy atom. The molecule has 5 nitrogen and oxygen atoms in total. The topological polar surface area (TPSA) is 61.8 Å². The third-order valence-electron chi connectivity index (χ3n) is 5.37. The highest BCUT2D eigenvalue weighted by Crippen LogP contribution is 2.26. The lowest BCUT2D eigenvalue weighted by Crippen LogP contribution is -2.40. The van der Waals surface area contributed by atoms with Crippen LogP contribution in [0.25, 0.3) is 0 Å². The van der Waals surface area contributed by atoms with Gasteiger partial charge in [0, 0.05) is 13.1 Å². The highest BCUT2D eigenvalue weighted by Gasteiger charge is 2.26. The second-order valence-electron chi connectivity index (χ2n) is 7.48. The number of aliphatic hydroxyl groups excluding tert-OH is 1. The summed E-state index contributed by atoms with van der Waals surface area (Å²) in [5.74, 6) is 1.01. The van der Waals surface area contributed by atoms with Gasteiger partial charge in [0.25, 0.3) is 0 Å². The zero-order valence-corrected chi connectivity index (χ0v) is 14.8. The first-order valence-corrected chi connectivity index (χ1v) is 9.31. The number of carbonyl (C=O) groups excluding carboxylic acids is 1. The summed E-state index contributed by atoms with van der Waals surface area (Å²) in [5, 5.41) is 12.8. The van der Waals surface area contributed by atoms with Crippen molar-refractivity contribution in [1.82, 2.24) is 10.2 Å². The normalized spacial score (nSPS) is 31.5. The van der Waals surface area contributed by atoms with Crippen LogP contribution < -0.4 is 5.32 Å². The van der Waals surface area contributed by atoms with Crippen molar-refractivity contribution in [3.8, 4) is 0 Å². The molecule has 5 heteroatoms. The summed E-state index contributed by atoms with van der Waals surface area (Å²) in [5.41, 5.74) is 0. The molecule has 2 rings (SSSR count). The largest absolute Gasteiger partial charge is 0.393 e. The summed E-state index contributed by atoms with van der Waals surface area (Å²) in [6, 6.07) is 0. The molecule has 0 spiro atoms.